The van der Waals surface area contributed by atoms with Gasteiger partial charge in [-0.05, 0) is 37.0 Å². The smallest absolute Gasteiger partial charge is 0.159 e. The molecule has 0 saturated carbocycles. The predicted molar refractivity (Wildman–Crippen MR) is 61.8 cm³/mol. The molecule has 0 radical (unpaired) electrons. The van der Waals surface area contributed by atoms with Crippen LogP contribution < -0.4 is 5.32 Å². The van der Waals surface area contributed by atoms with Gasteiger partial charge in [0.15, 0.2) is 11.6 Å². The Balaban J connectivity index is 2.25. The van der Waals surface area contributed by atoms with E-state index < -0.39 is 11.6 Å². The SMILES string of the molecule is C[C@H]1C[C@H](c2ccc(F)c(F)c2)[C@@H](CO)CN1. The van der Waals surface area contributed by atoms with Crippen molar-refractivity contribution in [2.24, 2.45) is 5.92 Å². The highest BCUT2D eigenvalue weighted by atomic mass is 19.2. The lowest BCUT2D eigenvalue weighted by atomic mass is 9.79. The third kappa shape index (κ3) is 2.64. The maximum absolute atomic E-state index is 13.2. The molecule has 1 aromatic carbocycles. The first kappa shape index (κ1) is 12.5. The molecular formula is C13H17F2NO. The first-order valence-corrected chi connectivity index (χ1v) is 5.91. The zero-order chi connectivity index (χ0) is 12.4. The molecule has 0 spiro atoms. The van der Waals surface area contributed by atoms with E-state index in [0.717, 1.165) is 18.1 Å². The van der Waals surface area contributed by atoms with Gasteiger partial charge in [0.25, 0.3) is 0 Å². The quantitative estimate of drug-likeness (QED) is 0.830. The molecule has 17 heavy (non-hydrogen) atoms. The summed E-state index contributed by atoms with van der Waals surface area (Å²) < 4.78 is 26.1. The number of rotatable bonds is 2. The summed E-state index contributed by atoms with van der Waals surface area (Å²) in [6, 6.07) is 4.35. The minimum atomic E-state index is -0.823. The zero-order valence-corrected chi connectivity index (χ0v) is 9.79. The number of piperidine rings is 1. The van der Waals surface area contributed by atoms with Crippen LogP contribution in [-0.4, -0.2) is 24.3 Å². The highest BCUT2D eigenvalue weighted by Crippen LogP contribution is 2.32. The van der Waals surface area contributed by atoms with E-state index in [0.29, 0.717) is 12.6 Å². The molecule has 0 unspecified atom stereocenters. The van der Waals surface area contributed by atoms with Crippen LogP contribution in [0.4, 0.5) is 8.78 Å². The van der Waals surface area contributed by atoms with Crippen molar-refractivity contribution >= 4 is 0 Å². The van der Waals surface area contributed by atoms with Gasteiger partial charge in [0.2, 0.25) is 0 Å². The fourth-order valence-electron chi connectivity index (χ4n) is 2.49. The van der Waals surface area contributed by atoms with E-state index >= 15 is 0 Å². The number of nitrogens with one attached hydrogen (secondary N) is 1. The molecule has 4 heteroatoms. The molecule has 1 aliphatic heterocycles. The minimum absolute atomic E-state index is 0.0589. The molecule has 1 heterocycles. The van der Waals surface area contributed by atoms with E-state index in [1.165, 1.54) is 6.07 Å². The molecule has 2 nitrogen and oxygen atoms in total. The average molecular weight is 241 g/mol. The van der Waals surface area contributed by atoms with E-state index in [1.807, 2.05) is 0 Å². The molecule has 0 amide bonds. The van der Waals surface area contributed by atoms with E-state index in [1.54, 1.807) is 6.07 Å². The van der Waals surface area contributed by atoms with Gasteiger partial charge in [0.1, 0.15) is 0 Å². The van der Waals surface area contributed by atoms with Gasteiger partial charge >= 0.3 is 0 Å². The third-order valence-electron chi connectivity index (χ3n) is 3.51. The van der Waals surface area contributed by atoms with Gasteiger partial charge in [-0.2, -0.15) is 0 Å². The fraction of sp³-hybridized carbons (Fsp3) is 0.538. The number of hydrogen-bond acceptors (Lipinski definition) is 2. The maximum Gasteiger partial charge on any atom is 0.159 e. The summed E-state index contributed by atoms with van der Waals surface area (Å²) in [6.45, 7) is 2.82. The van der Waals surface area contributed by atoms with Crippen LogP contribution in [0.25, 0.3) is 0 Å². The zero-order valence-electron chi connectivity index (χ0n) is 9.79. The van der Waals surface area contributed by atoms with E-state index in [-0.39, 0.29) is 18.4 Å². The molecule has 1 aliphatic rings. The number of halogens is 2. The van der Waals surface area contributed by atoms with Crippen molar-refractivity contribution < 1.29 is 13.9 Å². The number of aliphatic hydroxyl groups excluding tert-OH is 1. The fourth-order valence-corrected chi connectivity index (χ4v) is 2.49. The second kappa shape index (κ2) is 5.10. The van der Waals surface area contributed by atoms with Gasteiger partial charge in [-0.25, -0.2) is 8.78 Å². The Labute approximate surface area is 99.7 Å². The molecule has 1 aromatic rings. The minimum Gasteiger partial charge on any atom is -0.396 e. The van der Waals surface area contributed by atoms with Crippen LogP contribution in [0.2, 0.25) is 0 Å². The normalized spacial score (nSPS) is 29.3. The van der Waals surface area contributed by atoms with Crippen LogP contribution in [0, 0.1) is 17.6 Å². The van der Waals surface area contributed by atoms with Crippen molar-refractivity contribution in [2.75, 3.05) is 13.2 Å². The number of benzene rings is 1. The Morgan fingerprint density at radius 1 is 1.35 bits per heavy atom. The van der Waals surface area contributed by atoms with Gasteiger partial charge in [-0.3, -0.25) is 0 Å². The molecule has 0 aliphatic carbocycles. The van der Waals surface area contributed by atoms with E-state index in [2.05, 4.69) is 12.2 Å². The summed E-state index contributed by atoms with van der Waals surface area (Å²) in [5, 5.41) is 12.6. The van der Waals surface area contributed by atoms with Gasteiger partial charge in [-0.1, -0.05) is 6.07 Å². The standard InChI is InChI=1S/C13H17F2NO/c1-8-4-11(10(7-17)6-16-8)9-2-3-12(14)13(15)5-9/h2-3,5,8,10-11,16-17H,4,6-7H2,1H3/t8-,10+,11+/m0/s1. The van der Waals surface area contributed by atoms with Crippen LogP contribution in [0.5, 0.6) is 0 Å². The summed E-state index contributed by atoms with van der Waals surface area (Å²) in [7, 11) is 0. The summed E-state index contributed by atoms with van der Waals surface area (Å²) >= 11 is 0. The molecule has 0 bridgehead atoms. The van der Waals surface area contributed by atoms with Crippen molar-refractivity contribution in [1.29, 1.82) is 0 Å². The molecule has 1 saturated heterocycles. The summed E-state index contributed by atoms with van der Waals surface area (Å²) in [5.41, 5.74) is 0.774. The Morgan fingerprint density at radius 2 is 2.12 bits per heavy atom. The summed E-state index contributed by atoms with van der Waals surface area (Å²) in [5.74, 6) is -1.48. The maximum atomic E-state index is 13.2. The third-order valence-corrected chi connectivity index (χ3v) is 3.51. The molecule has 3 atom stereocenters. The first-order valence-electron chi connectivity index (χ1n) is 5.91. The predicted octanol–water partition coefficient (Wildman–Crippen LogP) is 2.04. The van der Waals surface area contributed by atoms with Crippen molar-refractivity contribution in [1.82, 2.24) is 5.32 Å². The molecular weight excluding hydrogens is 224 g/mol. The lowest BCUT2D eigenvalue weighted by Gasteiger charge is -2.35. The second-order valence-electron chi connectivity index (χ2n) is 4.77. The lowest BCUT2D eigenvalue weighted by molar-refractivity contribution is 0.165. The van der Waals surface area contributed by atoms with Crippen molar-refractivity contribution in [2.45, 2.75) is 25.3 Å². The van der Waals surface area contributed by atoms with Gasteiger partial charge in [-0.15, -0.1) is 0 Å². The average Bonchev–Trinajstić information content (AvgIpc) is 2.32. The van der Waals surface area contributed by atoms with Crippen LogP contribution in [0.3, 0.4) is 0 Å². The monoisotopic (exact) mass is 241 g/mol. The first-order chi connectivity index (χ1) is 8.11. The van der Waals surface area contributed by atoms with Gasteiger partial charge < -0.3 is 10.4 Å². The van der Waals surface area contributed by atoms with Crippen molar-refractivity contribution in [3.8, 4) is 0 Å². The molecule has 1 fully saturated rings. The van der Waals surface area contributed by atoms with E-state index in [4.69, 9.17) is 0 Å². The Bertz CT molecular complexity index is 397. The van der Waals surface area contributed by atoms with Crippen LogP contribution in [0.1, 0.15) is 24.8 Å². The molecule has 2 rings (SSSR count). The van der Waals surface area contributed by atoms with E-state index in [9.17, 15) is 13.9 Å². The largest absolute Gasteiger partial charge is 0.396 e. The summed E-state index contributed by atoms with van der Waals surface area (Å²) in [6.07, 6.45) is 0.830. The summed E-state index contributed by atoms with van der Waals surface area (Å²) in [4.78, 5) is 0. The van der Waals surface area contributed by atoms with Crippen LogP contribution >= 0.6 is 0 Å². The number of aliphatic hydroxyl groups is 1. The lowest BCUT2D eigenvalue weighted by Crippen LogP contribution is -2.42. The van der Waals surface area contributed by atoms with Gasteiger partial charge in [0, 0.05) is 25.1 Å². The van der Waals surface area contributed by atoms with Crippen LogP contribution in [0.15, 0.2) is 18.2 Å². The Morgan fingerprint density at radius 3 is 2.76 bits per heavy atom. The topological polar surface area (TPSA) is 32.3 Å². The van der Waals surface area contributed by atoms with Crippen molar-refractivity contribution in [3.63, 3.8) is 0 Å². The Hall–Kier alpha value is -1.00. The van der Waals surface area contributed by atoms with Crippen molar-refractivity contribution in [3.05, 3.63) is 35.4 Å². The second-order valence-corrected chi connectivity index (χ2v) is 4.77. The highest BCUT2D eigenvalue weighted by Gasteiger charge is 2.29. The number of hydrogen-bond donors (Lipinski definition) is 2. The Kier molecular flexibility index (Phi) is 3.74. The van der Waals surface area contributed by atoms with Crippen LogP contribution in [-0.2, 0) is 0 Å². The highest BCUT2D eigenvalue weighted by molar-refractivity contribution is 5.23. The van der Waals surface area contributed by atoms with Gasteiger partial charge in [0.05, 0.1) is 0 Å². The molecule has 2 N–H and O–H groups in total. The molecule has 0 aromatic heterocycles. The molecule has 94 valence electrons.